The second kappa shape index (κ2) is 10.2. The Balaban J connectivity index is 1.62. The number of benzene rings is 2. The molecule has 2 aromatic carbocycles. The van der Waals surface area contributed by atoms with Crippen LogP contribution in [0.15, 0.2) is 76.8 Å². The molecule has 2 amide bonds. The molecule has 0 radical (unpaired) electrons. The van der Waals surface area contributed by atoms with Crippen LogP contribution in [0.5, 0.6) is 0 Å². The van der Waals surface area contributed by atoms with Crippen LogP contribution in [0.1, 0.15) is 35.9 Å². The number of hydrogen-bond acceptors (Lipinski definition) is 5. The molecule has 0 unspecified atom stereocenters. The fourth-order valence-corrected chi connectivity index (χ4v) is 3.82. The van der Waals surface area contributed by atoms with Crippen molar-refractivity contribution in [3.05, 3.63) is 93.9 Å². The van der Waals surface area contributed by atoms with Crippen molar-refractivity contribution in [2.75, 3.05) is 13.1 Å². The van der Waals surface area contributed by atoms with E-state index >= 15 is 0 Å². The van der Waals surface area contributed by atoms with Gasteiger partial charge in [0.05, 0.1) is 4.92 Å². The first-order valence-corrected chi connectivity index (χ1v) is 11.1. The molecule has 174 valence electrons. The number of amides is 2. The van der Waals surface area contributed by atoms with Crippen molar-refractivity contribution in [3.8, 4) is 11.3 Å². The summed E-state index contributed by atoms with van der Waals surface area (Å²) in [6.45, 7) is 3.40. The van der Waals surface area contributed by atoms with Crippen molar-refractivity contribution in [3.63, 3.8) is 0 Å². The first-order valence-electron chi connectivity index (χ1n) is 11.1. The van der Waals surface area contributed by atoms with Crippen LogP contribution < -0.4 is 5.32 Å². The van der Waals surface area contributed by atoms with Gasteiger partial charge in [-0.2, -0.15) is 0 Å². The quantitative estimate of drug-likeness (QED) is 0.321. The average molecular weight is 460 g/mol. The monoisotopic (exact) mass is 459 g/mol. The van der Waals surface area contributed by atoms with E-state index in [-0.39, 0.29) is 17.3 Å². The lowest BCUT2D eigenvalue weighted by Crippen LogP contribution is -2.42. The average Bonchev–Trinajstić information content (AvgIpc) is 3.33. The van der Waals surface area contributed by atoms with E-state index in [1.807, 2.05) is 6.07 Å². The minimum Gasteiger partial charge on any atom is -0.457 e. The Kier molecular flexibility index (Phi) is 6.87. The highest BCUT2D eigenvalue weighted by molar-refractivity contribution is 6.05. The van der Waals surface area contributed by atoms with Crippen LogP contribution in [0.25, 0.3) is 17.4 Å². The van der Waals surface area contributed by atoms with Gasteiger partial charge in [-0.05, 0) is 43.0 Å². The van der Waals surface area contributed by atoms with Gasteiger partial charge in [0.25, 0.3) is 17.5 Å². The fraction of sp³-hybridized carbons (Fsp3) is 0.231. The van der Waals surface area contributed by atoms with Gasteiger partial charge >= 0.3 is 0 Å². The number of rotatable bonds is 6. The van der Waals surface area contributed by atoms with E-state index in [1.165, 1.54) is 18.2 Å². The van der Waals surface area contributed by atoms with Crippen LogP contribution in [0, 0.1) is 16.0 Å². The molecule has 0 spiro atoms. The van der Waals surface area contributed by atoms with Gasteiger partial charge < -0.3 is 14.6 Å². The third-order valence-corrected chi connectivity index (χ3v) is 5.84. The molecule has 1 saturated heterocycles. The predicted octanol–water partition coefficient (Wildman–Crippen LogP) is 4.88. The highest BCUT2D eigenvalue weighted by atomic mass is 16.6. The van der Waals surface area contributed by atoms with Crippen molar-refractivity contribution < 1.29 is 18.9 Å². The zero-order chi connectivity index (χ0) is 24.1. The molecule has 1 N–H and O–H groups in total. The number of furan rings is 1. The van der Waals surface area contributed by atoms with Gasteiger partial charge in [-0.1, -0.05) is 37.3 Å². The summed E-state index contributed by atoms with van der Waals surface area (Å²) in [5.74, 6) is 0.657. The summed E-state index contributed by atoms with van der Waals surface area (Å²) in [6.07, 6.45) is 3.31. The van der Waals surface area contributed by atoms with Gasteiger partial charge in [-0.25, -0.2) is 0 Å². The molecule has 8 nitrogen and oxygen atoms in total. The van der Waals surface area contributed by atoms with Crippen LogP contribution in [0.2, 0.25) is 0 Å². The molecule has 3 aromatic rings. The van der Waals surface area contributed by atoms with Crippen molar-refractivity contribution in [2.45, 2.75) is 19.8 Å². The van der Waals surface area contributed by atoms with Crippen LogP contribution in [0.4, 0.5) is 5.69 Å². The number of nitrogens with one attached hydrogen (secondary N) is 1. The zero-order valence-corrected chi connectivity index (χ0v) is 18.8. The molecule has 1 fully saturated rings. The Morgan fingerprint density at radius 3 is 2.50 bits per heavy atom. The first kappa shape index (κ1) is 23.0. The molecule has 34 heavy (non-hydrogen) atoms. The van der Waals surface area contributed by atoms with Crippen molar-refractivity contribution in [1.29, 1.82) is 0 Å². The van der Waals surface area contributed by atoms with Gasteiger partial charge in [0.15, 0.2) is 0 Å². The number of carbonyl (C=O) groups is 2. The Bertz CT molecular complexity index is 1220. The third kappa shape index (κ3) is 5.40. The molecule has 0 saturated carbocycles. The molecule has 1 aromatic heterocycles. The van der Waals surface area contributed by atoms with Crippen molar-refractivity contribution >= 4 is 23.6 Å². The number of likely N-dealkylation sites (tertiary alicyclic amines) is 1. The molecular formula is C26H25N3O5. The van der Waals surface area contributed by atoms with Crippen LogP contribution in [0.3, 0.4) is 0 Å². The molecule has 4 rings (SSSR count). The minimum absolute atomic E-state index is 0.0451. The number of carbonyl (C=O) groups excluding carboxylic acids is 2. The summed E-state index contributed by atoms with van der Waals surface area (Å²) in [5.41, 5.74) is 1.05. The third-order valence-electron chi connectivity index (χ3n) is 5.84. The molecule has 1 aliphatic rings. The lowest BCUT2D eigenvalue weighted by atomic mass is 9.99. The highest BCUT2D eigenvalue weighted by Crippen LogP contribution is 2.27. The number of non-ortho nitro benzene ring substituents is 1. The van der Waals surface area contributed by atoms with Gasteiger partial charge in [0.2, 0.25) is 0 Å². The van der Waals surface area contributed by atoms with Gasteiger partial charge in [0.1, 0.15) is 17.2 Å². The standard InChI is InChI=1S/C26H25N3O5/c1-18-12-14-28(15-13-18)26(31)23(27-25(30)19-6-3-2-4-7-19)17-22-10-11-24(34-22)20-8-5-9-21(16-20)29(32)33/h2-11,16-18H,12-15H2,1H3,(H,27,30)/b23-17+. The molecule has 0 bridgehead atoms. The zero-order valence-electron chi connectivity index (χ0n) is 18.8. The van der Waals surface area contributed by atoms with Gasteiger partial charge in [-0.15, -0.1) is 0 Å². The molecule has 0 aliphatic carbocycles. The maximum absolute atomic E-state index is 13.3. The number of hydrogen-bond donors (Lipinski definition) is 1. The Morgan fingerprint density at radius 2 is 1.79 bits per heavy atom. The Morgan fingerprint density at radius 1 is 1.06 bits per heavy atom. The molecule has 0 atom stereocenters. The SMILES string of the molecule is CC1CCN(C(=O)/C(=C\c2ccc(-c3cccc([N+](=O)[O-])c3)o2)NC(=O)c2ccccc2)CC1. The summed E-state index contributed by atoms with van der Waals surface area (Å²) in [5, 5.41) is 13.8. The fourth-order valence-electron chi connectivity index (χ4n) is 3.82. The maximum Gasteiger partial charge on any atom is 0.270 e. The van der Waals surface area contributed by atoms with Crippen molar-refractivity contribution in [2.24, 2.45) is 5.92 Å². The molecule has 2 heterocycles. The summed E-state index contributed by atoms with van der Waals surface area (Å²) < 4.78 is 5.86. The van der Waals surface area contributed by atoms with E-state index in [0.717, 1.165) is 12.8 Å². The van der Waals surface area contributed by atoms with E-state index in [9.17, 15) is 19.7 Å². The summed E-state index contributed by atoms with van der Waals surface area (Å²) in [6, 6.07) is 18.1. The topological polar surface area (TPSA) is 106 Å². The van der Waals surface area contributed by atoms with E-state index in [0.29, 0.717) is 41.7 Å². The Labute approximate surface area is 197 Å². The van der Waals surface area contributed by atoms with E-state index in [1.54, 1.807) is 53.4 Å². The van der Waals surface area contributed by atoms with Crippen LogP contribution in [-0.4, -0.2) is 34.7 Å². The normalized spacial score (nSPS) is 14.6. The van der Waals surface area contributed by atoms with Gasteiger partial charge in [-0.3, -0.25) is 19.7 Å². The second-order valence-corrected chi connectivity index (χ2v) is 8.36. The maximum atomic E-state index is 13.3. The van der Waals surface area contributed by atoms with E-state index in [4.69, 9.17) is 4.42 Å². The first-order chi connectivity index (χ1) is 16.4. The van der Waals surface area contributed by atoms with Crippen molar-refractivity contribution in [1.82, 2.24) is 10.2 Å². The summed E-state index contributed by atoms with van der Waals surface area (Å²) >= 11 is 0. The van der Waals surface area contributed by atoms with Crippen LogP contribution >= 0.6 is 0 Å². The molecule has 8 heteroatoms. The summed E-state index contributed by atoms with van der Waals surface area (Å²) in [4.78, 5) is 38.4. The molecular weight excluding hydrogens is 434 g/mol. The number of nitrogens with zero attached hydrogens (tertiary/aromatic N) is 2. The van der Waals surface area contributed by atoms with E-state index < -0.39 is 10.8 Å². The number of nitro groups is 1. The van der Waals surface area contributed by atoms with E-state index in [2.05, 4.69) is 12.2 Å². The Hall–Kier alpha value is -4.20. The van der Waals surface area contributed by atoms with Crippen LogP contribution in [-0.2, 0) is 4.79 Å². The lowest BCUT2D eigenvalue weighted by molar-refractivity contribution is -0.384. The number of piperidine rings is 1. The smallest absolute Gasteiger partial charge is 0.270 e. The second-order valence-electron chi connectivity index (χ2n) is 8.36. The largest absolute Gasteiger partial charge is 0.457 e. The lowest BCUT2D eigenvalue weighted by Gasteiger charge is -2.31. The highest BCUT2D eigenvalue weighted by Gasteiger charge is 2.25. The minimum atomic E-state index is -0.470. The van der Waals surface area contributed by atoms with Gasteiger partial charge in [0, 0.05) is 42.4 Å². The predicted molar refractivity (Wildman–Crippen MR) is 128 cm³/mol. The summed E-state index contributed by atoms with van der Waals surface area (Å²) in [7, 11) is 0. The number of nitro benzene ring substituents is 1. The molecule has 1 aliphatic heterocycles.